The van der Waals surface area contributed by atoms with Gasteiger partial charge in [-0.05, 0) is 55.5 Å². The average molecular weight is 340 g/mol. The van der Waals surface area contributed by atoms with Crippen molar-refractivity contribution >= 4 is 11.9 Å². The first-order valence-electron chi connectivity index (χ1n) is 8.73. The fourth-order valence-electron chi connectivity index (χ4n) is 3.23. The molecule has 25 heavy (non-hydrogen) atoms. The van der Waals surface area contributed by atoms with E-state index in [0.717, 1.165) is 37.2 Å². The van der Waals surface area contributed by atoms with Crippen LogP contribution in [-0.4, -0.2) is 41.0 Å². The molecule has 5 nitrogen and oxygen atoms in total. The Morgan fingerprint density at radius 3 is 2.72 bits per heavy atom. The molecule has 0 aliphatic carbocycles. The van der Waals surface area contributed by atoms with Crippen LogP contribution in [0.25, 0.3) is 5.69 Å². The second kappa shape index (κ2) is 7.55. The summed E-state index contributed by atoms with van der Waals surface area (Å²) < 4.78 is 7.20. The van der Waals surface area contributed by atoms with Gasteiger partial charge in [0.15, 0.2) is 6.61 Å². The van der Waals surface area contributed by atoms with Crippen molar-refractivity contribution in [3.05, 3.63) is 53.9 Å². The fourth-order valence-corrected chi connectivity index (χ4v) is 3.23. The first-order chi connectivity index (χ1) is 12.0. The Bertz CT molecular complexity index is 752. The predicted molar refractivity (Wildman–Crippen MR) is 95.8 cm³/mol. The van der Waals surface area contributed by atoms with Gasteiger partial charge in [0.25, 0.3) is 5.91 Å². The third kappa shape index (κ3) is 4.10. The largest absolute Gasteiger partial charge is 0.452 e. The van der Waals surface area contributed by atoms with E-state index < -0.39 is 5.97 Å². The minimum atomic E-state index is -0.466. The highest BCUT2D eigenvalue weighted by Gasteiger charge is 2.22. The van der Waals surface area contributed by atoms with Crippen LogP contribution in [0.1, 0.15) is 35.7 Å². The SMILES string of the molecule is Cc1ccc(C(=O)OCC(=O)N2CCCC(C)C2)cc1-n1cccc1. The number of hydrogen-bond donors (Lipinski definition) is 0. The zero-order chi connectivity index (χ0) is 17.8. The Hall–Kier alpha value is -2.56. The third-order valence-corrected chi connectivity index (χ3v) is 4.66. The summed E-state index contributed by atoms with van der Waals surface area (Å²) in [4.78, 5) is 26.4. The van der Waals surface area contributed by atoms with Crippen LogP contribution < -0.4 is 0 Å². The van der Waals surface area contributed by atoms with Gasteiger partial charge >= 0.3 is 5.97 Å². The highest BCUT2D eigenvalue weighted by molar-refractivity contribution is 5.92. The summed E-state index contributed by atoms with van der Waals surface area (Å²) >= 11 is 0. The van der Waals surface area contributed by atoms with Crippen molar-refractivity contribution in [2.24, 2.45) is 5.92 Å². The van der Waals surface area contributed by atoms with E-state index >= 15 is 0 Å². The lowest BCUT2D eigenvalue weighted by molar-refractivity contribution is -0.136. The Morgan fingerprint density at radius 2 is 2.00 bits per heavy atom. The van der Waals surface area contributed by atoms with E-state index in [-0.39, 0.29) is 12.5 Å². The summed E-state index contributed by atoms with van der Waals surface area (Å²) in [6.07, 6.45) is 6.02. The van der Waals surface area contributed by atoms with Crippen molar-refractivity contribution in [2.45, 2.75) is 26.7 Å². The molecule has 1 aliphatic heterocycles. The molecule has 2 heterocycles. The number of likely N-dealkylation sites (tertiary alicyclic amines) is 1. The van der Waals surface area contributed by atoms with Crippen molar-refractivity contribution in [3.8, 4) is 5.69 Å². The zero-order valence-electron chi connectivity index (χ0n) is 14.8. The summed E-state index contributed by atoms with van der Waals surface area (Å²) in [5, 5.41) is 0. The molecule has 1 amide bonds. The molecule has 3 rings (SSSR count). The number of amides is 1. The first-order valence-corrected chi connectivity index (χ1v) is 8.73. The first kappa shape index (κ1) is 17.3. The van der Waals surface area contributed by atoms with Crippen LogP contribution in [0.15, 0.2) is 42.7 Å². The van der Waals surface area contributed by atoms with Crippen molar-refractivity contribution in [1.29, 1.82) is 0 Å². The second-order valence-corrected chi connectivity index (χ2v) is 6.75. The van der Waals surface area contributed by atoms with E-state index in [0.29, 0.717) is 11.5 Å². The van der Waals surface area contributed by atoms with Crippen LogP contribution in [0.4, 0.5) is 0 Å². The molecule has 1 aliphatic rings. The Morgan fingerprint density at radius 1 is 1.24 bits per heavy atom. The number of aromatic nitrogens is 1. The molecule has 2 aromatic rings. The van der Waals surface area contributed by atoms with E-state index in [1.807, 2.05) is 42.1 Å². The highest BCUT2D eigenvalue weighted by atomic mass is 16.5. The molecule has 1 atom stereocenters. The Kier molecular flexibility index (Phi) is 5.22. The molecule has 0 bridgehead atoms. The lowest BCUT2D eigenvalue weighted by Gasteiger charge is -2.30. The van der Waals surface area contributed by atoms with Crippen LogP contribution >= 0.6 is 0 Å². The molecule has 132 valence electrons. The molecule has 0 N–H and O–H groups in total. The summed E-state index contributed by atoms with van der Waals surface area (Å²) in [6, 6.07) is 9.29. The maximum Gasteiger partial charge on any atom is 0.338 e. The molecule has 1 unspecified atom stereocenters. The maximum absolute atomic E-state index is 12.3. The smallest absolute Gasteiger partial charge is 0.338 e. The molecule has 1 aromatic heterocycles. The van der Waals surface area contributed by atoms with Crippen LogP contribution in [0.5, 0.6) is 0 Å². The number of aryl methyl sites for hydroxylation is 1. The van der Waals surface area contributed by atoms with Crippen LogP contribution in [0.2, 0.25) is 0 Å². The van der Waals surface area contributed by atoms with E-state index in [4.69, 9.17) is 4.74 Å². The number of benzene rings is 1. The number of carbonyl (C=O) groups excluding carboxylic acids is 2. The van der Waals surface area contributed by atoms with Gasteiger partial charge in [0.2, 0.25) is 0 Å². The Labute approximate surface area is 148 Å². The van der Waals surface area contributed by atoms with Gasteiger partial charge in [0, 0.05) is 31.2 Å². The minimum absolute atomic E-state index is 0.113. The highest BCUT2D eigenvalue weighted by Crippen LogP contribution is 2.18. The number of rotatable bonds is 4. The normalized spacial score (nSPS) is 17.4. The zero-order valence-corrected chi connectivity index (χ0v) is 14.8. The van der Waals surface area contributed by atoms with Crippen LogP contribution in [-0.2, 0) is 9.53 Å². The number of ether oxygens (including phenoxy) is 1. The quantitative estimate of drug-likeness (QED) is 0.803. The van der Waals surface area contributed by atoms with Gasteiger partial charge in [-0.15, -0.1) is 0 Å². The number of piperidine rings is 1. The monoisotopic (exact) mass is 340 g/mol. The summed E-state index contributed by atoms with van der Waals surface area (Å²) in [5.74, 6) is -0.0703. The van der Waals surface area contributed by atoms with E-state index in [1.54, 1.807) is 17.0 Å². The standard InChI is InChI=1S/C20H24N2O3/c1-15-6-5-11-22(13-15)19(23)14-25-20(24)17-8-7-16(2)18(12-17)21-9-3-4-10-21/h3-4,7-10,12,15H,5-6,11,13-14H2,1-2H3. The van der Waals surface area contributed by atoms with Gasteiger partial charge in [-0.2, -0.15) is 0 Å². The van der Waals surface area contributed by atoms with E-state index in [9.17, 15) is 9.59 Å². The molecular formula is C20H24N2O3. The molecule has 1 aromatic carbocycles. The molecule has 5 heteroatoms. The van der Waals surface area contributed by atoms with Gasteiger partial charge in [0.05, 0.1) is 5.56 Å². The fraction of sp³-hybridized carbons (Fsp3) is 0.400. The van der Waals surface area contributed by atoms with Crippen molar-refractivity contribution in [1.82, 2.24) is 9.47 Å². The van der Waals surface area contributed by atoms with Gasteiger partial charge in [-0.25, -0.2) is 4.79 Å². The van der Waals surface area contributed by atoms with Gasteiger partial charge in [0.1, 0.15) is 0 Å². The van der Waals surface area contributed by atoms with E-state index in [1.165, 1.54) is 0 Å². The lowest BCUT2D eigenvalue weighted by Crippen LogP contribution is -2.41. The molecule has 1 saturated heterocycles. The number of nitrogens with zero attached hydrogens (tertiary/aromatic N) is 2. The minimum Gasteiger partial charge on any atom is -0.452 e. The Balaban J connectivity index is 1.63. The maximum atomic E-state index is 12.3. The number of hydrogen-bond acceptors (Lipinski definition) is 3. The summed E-state index contributed by atoms with van der Waals surface area (Å²) in [6.45, 7) is 5.44. The summed E-state index contributed by atoms with van der Waals surface area (Å²) in [7, 11) is 0. The lowest BCUT2D eigenvalue weighted by atomic mass is 10.0. The van der Waals surface area contributed by atoms with Crippen LogP contribution in [0.3, 0.4) is 0 Å². The van der Waals surface area contributed by atoms with Gasteiger partial charge in [-0.3, -0.25) is 4.79 Å². The number of carbonyl (C=O) groups is 2. The molecule has 0 saturated carbocycles. The molecule has 0 spiro atoms. The number of esters is 1. The van der Waals surface area contributed by atoms with Gasteiger partial charge in [-0.1, -0.05) is 13.0 Å². The third-order valence-electron chi connectivity index (χ3n) is 4.66. The topological polar surface area (TPSA) is 51.5 Å². The molecule has 0 radical (unpaired) electrons. The van der Waals surface area contributed by atoms with Crippen molar-refractivity contribution in [3.63, 3.8) is 0 Å². The molecular weight excluding hydrogens is 316 g/mol. The average Bonchev–Trinajstić information content (AvgIpc) is 3.14. The van der Waals surface area contributed by atoms with Crippen LogP contribution in [0, 0.1) is 12.8 Å². The van der Waals surface area contributed by atoms with Crippen molar-refractivity contribution < 1.29 is 14.3 Å². The second-order valence-electron chi connectivity index (χ2n) is 6.75. The van der Waals surface area contributed by atoms with Crippen molar-refractivity contribution in [2.75, 3.05) is 19.7 Å². The van der Waals surface area contributed by atoms with Gasteiger partial charge < -0.3 is 14.2 Å². The predicted octanol–water partition coefficient (Wildman–Crippen LogP) is 3.20. The summed E-state index contributed by atoms with van der Waals surface area (Å²) in [5.41, 5.74) is 2.44. The van der Waals surface area contributed by atoms with E-state index in [2.05, 4.69) is 6.92 Å². The molecule has 1 fully saturated rings.